The Morgan fingerprint density at radius 1 is 1.27 bits per heavy atom. The Morgan fingerprint density at radius 2 is 1.95 bits per heavy atom. The van der Waals surface area contributed by atoms with E-state index in [0.29, 0.717) is 17.9 Å². The Balaban J connectivity index is 1.86. The molecule has 0 radical (unpaired) electrons. The van der Waals surface area contributed by atoms with Gasteiger partial charge in [-0.15, -0.1) is 0 Å². The average Bonchev–Trinajstić information content (AvgIpc) is 2.48. The van der Waals surface area contributed by atoms with Crippen molar-refractivity contribution in [2.75, 3.05) is 6.54 Å². The first-order valence-electron chi connectivity index (χ1n) is 7.81. The summed E-state index contributed by atoms with van der Waals surface area (Å²) in [4.78, 5) is 25.9. The van der Waals surface area contributed by atoms with Gasteiger partial charge < -0.3 is 10.2 Å². The highest BCUT2D eigenvalue weighted by Gasteiger charge is 2.25. The van der Waals surface area contributed by atoms with Gasteiger partial charge in [0.05, 0.1) is 6.04 Å². The van der Waals surface area contributed by atoms with Gasteiger partial charge in [0.2, 0.25) is 11.8 Å². The van der Waals surface area contributed by atoms with Gasteiger partial charge in [-0.3, -0.25) is 9.59 Å². The van der Waals surface area contributed by atoms with E-state index in [1.54, 1.807) is 0 Å². The molecule has 0 unspecified atom stereocenters. The van der Waals surface area contributed by atoms with Crippen LogP contribution in [0.3, 0.4) is 0 Å². The summed E-state index contributed by atoms with van der Waals surface area (Å²) in [5, 5.41) is 3.66. The standard InChI is InChI=1S/C17H23ClN2O2/c1-12(20-10-4-3-5-17(20)22)11-16(21)19-13(2)14-6-8-15(18)9-7-14/h6-9,12-13H,3-5,10-11H2,1-2H3,(H,19,21)/t12-,13+/m0/s1. The summed E-state index contributed by atoms with van der Waals surface area (Å²) in [6, 6.07) is 7.32. The van der Waals surface area contributed by atoms with Crippen LogP contribution in [0.25, 0.3) is 0 Å². The van der Waals surface area contributed by atoms with Gasteiger partial charge in [0.1, 0.15) is 0 Å². The monoisotopic (exact) mass is 322 g/mol. The number of carbonyl (C=O) groups is 2. The van der Waals surface area contributed by atoms with Gasteiger partial charge in [-0.2, -0.15) is 0 Å². The van der Waals surface area contributed by atoms with Crippen molar-refractivity contribution in [1.82, 2.24) is 10.2 Å². The molecule has 4 nitrogen and oxygen atoms in total. The van der Waals surface area contributed by atoms with Crippen LogP contribution in [0, 0.1) is 0 Å². The lowest BCUT2D eigenvalue weighted by Crippen LogP contribution is -2.44. The summed E-state index contributed by atoms with van der Waals surface area (Å²) in [5.41, 5.74) is 1.01. The average molecular weight is 323 g/mol. The van der Waals surface area contributed by atoms with E-state index < -0.39 is 0 Å². The van der Waals surface area contributed by atoms with Gasteiger partial charge in [0.25, 0.3) is 0 Å². The molecule has 2 amide bonds. The van der Waals surface area contributed by atoms with Crippen molar-refractivity contribution in [2.24, 2.45) is 0 Å². The van der Waals surface area contributed by atoms with Crippen molar-refractivity contribution in [1.29, 1.82) is 0 Å². The maximum atomic E-state index is 12.2. The van der Waals surface area contributed by atoms with Crippen molar-refractivity contribution < 1.29 is 9.59 Å². The lowest BCUT2D eigenvalue weighted by Gasteiger charge is -2.32. The highest BCUT2D eigenvalue weighted by Crippen LogP contribution is 2.18. The van der Waals surface area contributed by atoms with E-state index >= 15 is 0 Å². The summed E-state index contributed by atoms with van der Waals surface area (Å²) in [6.45, 7) is 4.65. The smallest absolute Gasteiger partial charge is 0.222 e. The zero-order chi connectivity index (χ0) is 16.1. The number of carbonyl (C=O) groups excluding carboxylic acids is 2. The number of nitrogens with one attached hydrogen (secondary N) is 1. The van der Waals surface area contributed by atoms with Gasteiger partial charge in [0.15, 0.2) is 0 Å². The molecule has 1 aromatic rings. The van der Waals surface area contributed by atoms with Crippen LogP contribution in [0.5, 0.6) is 0 Å². The first-order valence-corrected chi connectivity index (χ1v) is 8.19. The number of piperidine rings is 1. The number of nitrogens with zero attached hydrogens (tertiary/aromatic N) is 1. The minimum absolute atomic E-state index is 0.0340. The Morgan fingerprint density at radius 3 is 2.59 bits per heavy atom. The zero-order valence-electron chi connectivity index (χ0n) is 13.1. The number of likely N-dealkylation sites (tertiary alicyclic amines) is 1. The number of amides is 2. The van der Waals surface area contributed by atoms with E-state index in [1.165, 1.54) is 0 Å². The maximum Gasteiger partial charge on any atom is 0.222 e. The molecular formula is C17H23ClN2O2. The molecule has 2 atom stereocenters. The molecule has 1 aromatic carbocycles. The second kappa shape index (κ2) is 7.63. The summed E-state index contributed by atoms with van der Waals surface area (Å²) in [7, 11) is 0. The van der Waals surface area contributed by atoms with Crippen LogP contribution in [-0.4, -0.2) is 29.3 Å². The molecular weight excluding hydrogens is 300 g/mol. The molecule has 1 saturated heterocycles. The van der Waals surface area contributed by atoms with E-state index in [4.69, 9.17) is 11.6 Å². The SMILES string of the molecule is C[C@@H](NC(=O)C[C@H](C)N1CCCCC1=O)c1ccc(Cl)cc1. The molecule has 1 fully saturated rings. The fourth-order valence-corrected chi connectivity index (χ4v) is 2.93. The van der Waals surface area contributed by atoms with Crippen LogP contribution in [-0.2, 0) is 9.59 Å². The topological polar surface area (TPSA) is 49.4 Å². The van der Waals surface area contributed by atoms with Gasteiger partial charge in [-0.1, -0.05) is 23.7 Å². The number of hydrogen-bond donors (Lipinski definition) is 1. The molecule has 1 N–H and O–H groups in total. The van der Waals surface area contributed by atoms with Crippen LogP contribution >= 0.6 is 11.6 Å². The van der Waals surface area contributed by atoms with E-state index in [9.17, 15) is 9.59 Å². The van der Waals surface area contributed by atoms with Crippen molar-refractivity contribution in [2.45, 2.75) is 51.6 Å². The normalized spacial score (nSPS) is 18.0. The fraction of sp³-hybridized carbons (Fsp3) is 0.529. The lowest BCUT2D eigenvalue weighted by atomic mass is 10.1. The highest BCUT2D eigenvalue weighted by molar-refractivity contribution is 6.30. The maximum absolute atomic E-state index is 12.2. The Kier molecular flexibility index (Phi) is 5.83. The Hall–Kier alpha value is -1.55. The van der Waals surface area contributed by atoms with Crippen molar-refractivity contribution >= 4 is 23.4 Å². The predicted octanol–water partition coefficient (Wildman–Crippen LogP) is 3.31. The molecule has 0 aromatic heterocycles. The van der Waals surface area contributed by atoms with Crippen LogP contribution in [0.1, 0.15) is 51.1 Å². The molecule has 0 spiro atoms. The summed E-state index contributed by atoms with van der Waals surface area (Å²) < 4.78 is 0. The number of benzene rings is 1. The third-order valence-corrected chi connectivity index (χ3v) is 4.37. The molecule has 1 aliphatic heterocycles. The fourth-order valence-electron chi connectivity index (χ4n) is 2.81. The third kappa shape index (κ3) is 4.47. The largest absolute Gasteiger partial charge is 0.350 e. The third-order valence-electron chi connectivity index (χ3n) is 4.12. The van der Waals surface area contributed by atoms with E-state index in [-0.39, 0.29) is 23.9 Å². The minimum atomic E-state index is -0.0750. The molecule has 22 heavy (non-hydrogen) atoms. The number of halogens is 1. The molecule has 120 valence electrons. The molecule has 2 rings (SSSR count). The van der Waals surface area contributed by atoms with Gasteiger partial charge >= 0.3 is 0 Å². The Bertz CT molecular complexity index is 530. The highest BCUT2D eigenvalue weighted by atomic mass is 35.5. The van der Waals surface area contributed by atoms with Crippen LogP contribution in [0.2, 0.25) is 5.02 Å². The number of hydrogen-bond acceptors (Lipinski definition) is 2. The first kappa shape index (κ1) is 16.8. The second-order valence-electron chi connectivity index (χ2n) is 5.94. The summed E-state index contributed by atoms with van der Waals surface area (Å²) in [6.07, 6.45) is 2.93. The van der Waals surface area contributed by atoms with Gasteiger partial charge in [-0.05, 0) is 44.4 Å². The van der Waals surface area contributed by atoms with E-state index in [2.05, 4.69) is 5.32 Å². The van der Waals surface area contributed by atoms with E-state index in [1.807, 2.05) is 43.0 Å². The summed E-state index contributed by atoms with van der Waals surface area (Å²) in [5.74, 6) is 0.130. The van der Waals surface area contributed by atoms with Gasteiger partial charge in [-0.25, -0.2) is 0 Å². The predicted molar refractivity (Wildman–Crippen MR) is 87.7 cm³/mol. The first-order chi connectivity index (χ1) is 10.5. The van der Waals surface area contributed by atoms with Crippen molar-refractivity contribution in [3.8, 4) is 0 Å². The van der Waals surface area contributed by atoms with Crippen LogP contribution in [0.15, 0.2) is 24.3 Å². The zero-order valence-corrected chi connectivity index (χ0v) is 13.9. The van der Waals surface area contributed by atoms with Crippen molar-refractivity contribution in [3.05, 3.63) is 34.9 Å². The minimum Gasteiger partial charge on any atom is -0.350 e. The second-order valence-corrected chi connectivity index (χ2v) is 6.37. The molecule has 0 saturated carbocycles. The summed E-state index contributed by atoms with van der Waals surface area (Å²) >= 11 is 5.87. The molecule has 0 bridgehead atoms. The number of rotatable bonds is 5. The van der Waals surface area contributed by atoms with Crippen molar-refractivity contribution in [3.63, 3.8) is 0 Å². The van der Waals surface area contributed by atoms with Crippen LogP contribution in [0.4, 0.5) is 0 Å². The molecule has 0 aliphatic carbocycles. The van der Waals surface area contributed by atoms with Gasteiger partial charge in [0, 0.05) is 30.5 Å². The molecule has 5 heteroatoms. The lowest BCUT2D eigenvalue weighted by molar-refractivity contribution is -0.136. The molecule has 1 aliphatic rings. The molecule has 1 heterocycles. The van der Waals surface area contributed by atoms with Crippen LogP contribution < -0.4 is 5.32 Å². The Labute approximate surface area is 136 Å². The quantitative estimate of drug-likeness (QED) is 0.904. The van der Waals surface area contributed by atoms with E-state index in [0.717, 1.165) is 24.9 Å².